The molecule has 0 spiro atoms. The van der Waals surface area contributed by atoms with Crippen molar-refractivity contribution in [1.29, 1.82) is 0 Å². The predicted molar refractivity (Wildman–Crippen MR) is 91.5 cm³/mol. The molecule has 0 bridgehead atoms. The van der Waals surface area contributed by atoms with Gasteiger partial charge in [0.25, 0.3) is 0 Å². The second-order valence-electron chi connectivity index (χ2n) is 4.75. The maximum absolute atomic E-state index is 6.22. The average Bonchev–Trinajstić information content (AvgIpc) is 2.48. The minimum atomic E-state index is 0.660. The van der Waals surface area contributed by atoms with Crippen LogP contribution in [0, 0.1) is 0 Å². The van der Waals surface area contributed by atoms with E-state index in [9.17, 15) is 0 Å². The molecule has 0 saturated heterocycles. The highest BCUT2D eigenvalue weighted by molar-refractivity contribution is 9.10. The lowest BCUT2D eigenvalue weighted by atomic mass is 10.1. The molecule has 0 aliphatic carbocycles. The smallest absolute Gasteiger partial charge is 0.0719 e. The zero-order valence-corrected chi connectivity index (χ0v) is 14.4. The Morgan fingerprint density at radius 1 is 1.05 bits per heavy atom. The lowest BCUT2D eigenvalue weighted by molar-refractivity contribution is 0.133. The van der Waals surface area contributed by atoms with E-state index < -0.39 is 0 Å². The van der Waals surface area contributed by atoms with Crippen LogP contribution in [0.2, 0.25) is 5.02 Å². The van der Waals surface area contributed by atoms with Crippen molar-refractivity contribution in [2.24, 2.45) is 0 Å². The second kappa shape index (κ2) is 8.54. The number of benzene rings is 2. The van der Waals surface area contributed by atoms with Crippen LogP contribution in [0.4, 0.5) is 0 Å². The first-order valence-electron chi connectivity index (χ1n) is 7.00. The summed E-state index contributed by atoms with van der Waals surface area (Å²) in [5.41, 5.74) is 3.59. The fourth-order valence-electron chi connectivity index (χ4n) is 2.08. The first-order chi connectivity index (χ1) is 10.2. The van der Waals surface area contributed by atoms with Crippen LogP contribution in [-0.4, -0.2) is 6.61 Å². The van der Waals surface area contributed by atoms with Gasteiger partial charge in [0.15, 0.2) is 0 Å². The van der Waals surface area contributed by atoms with Crippen LogP contribution < -0.4 is 5.32 Å². The Labute approximate surface area is 139 Å². The minimum absolute atomic E-state index is 0.660. The van der Waals surface area contributed by atoms with Crippen LogP contribution in [-0.2, 0) is 24.4 Å². The van der Waals surface area contributed by atoms with Gasteiger partial charge in [0.2, 0.25) is 0 Å². The first kappa shape index (κ1) is 16.5. The fourth-order valence-corrected chi connectivity index (χ4v) is 2.82. The number of hydrogen-bond donors (Lipinski definition) is 1. The van der Waals surface area contributed by atoms with Crippen LogP contribution in [0.1, 0.15) is 23.6 Å². The third-order valence-electron chi connectivity index (χ3n) is 3.23. The van der Waals surface area contributed by atoms with Gasteiger partial charge < -0.3 is 10.1 Å². The van der Waals surface area contributed by atoms with Crippen molar-refractivity contribution in [3.63, 3.8) is 0 Å². The van der Waals surface area contributed by atoms with E-state index in [0.717, 1.165) is 34.8 Å². The van der Waals surface area contributed by atoms with Crippen LogP contribution in [0.3, 0.4) is 0 Å². The van der Waals surface area contributed by atoms with Crippen molar-refractivity contribution in [3.05, 3.63) is 68.7 Å². The van der Waals surface area contributed by atoms with E-state index in [1.165, 1.54) is 11.1 Å². The van der Waals surface area contributed by atoms with E-state index >= 15 is 0 Å². The molecule has 112 valence electrons. The molecule has 0 radical (unpaired) electrons. The van der Waals surface area contributed by atoms with E-state index in [2.05, 4.69) is 39.4 Å². The molecule has 0 aromatic heterocycles. The molecule has 0 unspecified atom stereocenters. The van der Waals surface area contributed by atoms with Crippen LogP contribution in [0.5, 0.6) is 0 Å². The predicted octanol–water partition coefficient (Wildman–Crippen LogP) is 4.93. The summed E-state index contributed by atoms with van der Waals surface area (Å²) in [6.07, 6.45) is 0. The van der Waals surface area contributed by atoms with Gasteiger partial charge in [-0.15, -0.1) is 0 Å². The number of nitrogens with one attached hydrogen (secondary N) is 1. The highest BCUT2D eigenvalue weighted by Crippen LogP contribution is 2.21. The Kier molecular flexibility index (Phi) is 6.71. The molecular formula is C17H19BrClNO. The van der Waals surface area contributed by atoms with Crippen molar-refractivity contribution in [1.82, 2.24) is 5.32 Å². The lowest BCUT2D eigenvalue weighted by Gasteiger charge is -2.11. The fraction of sp³-hybridized carbons (Fsp3) is 0.294. The molecule has 2 aromatic carbocycles. The van der Waals surface area contributed by atoms with E-state index in [1.807, 2.05) is 31.2 Å². The van der Waals surface area contributed by atoms with Crippen LogP contribution >= 0.6 is 27.5 Å². The van der Waals surface area contributed by atoms with Crippen LogP contribution in [0.15, 0.2) is 46.9 Å². The summed E-state index contributed by atoms with van der Waals surface area (Å²) >= 11 is 9.64. The van der Waals surface area contributed by atoms with E-state index in [-0.39, 0.29) is 0 Å². The molecule has 21 heavy (non-hydrogen) atoms. The molecule has 0 fully saturated rings. The molecule has 2 nitrogen and oxygen atoms in total. The summed E-state index contributed by atoms with van der Waals surface area (Å²) in [4.78, 5) is 0. The van der Waals surface area contributed by atoms with Gasteiger partial charge in [-0.1, -0.05) is 57.9 Å². The Morgan fingerprint density at radius 2 is 1.76 bits per heavy atom. The summed E-state index contributed by atoms with van der Waals surface area (Å²) in [6, 6.07) is 14.3. The third-order valence-corrected chi connectivity index (χ3v) is 4.07. The lowest BCUT2D eigenvalue weighted by Crippen LogP contribution is -2.14. The normalized spacial score (nSPS) is 10.8. The first-order valence-corrected chi connectivity index (χ1v) is 8.17. The Bertz CT molecular complexity index is 589. The summed E-state index contributed by atoms with van der Waals surface area (Å²) < 4.78 is 6.50. The SMILES string of the molecule is CCOCc1ccccc1CNCc1ccc(Br)cc1Cl. The molecule has 1 N–H and O–H groups in total. The molecule has 0 heterocycles. The number of rotatable bonds is 7. The highest BCUT2D eigenvalue weighted by atomic mass is 79.9. The Balaban J connectivity index is 1.94. The zero-order valence-electron chi connectivity index (χ0n) is 12.0. The zero-order chi connectivity index (χ0) is 15.1. The maximum Gasteiger partial charge on any atom is 0.0719 e. The maximum atomic E-state index is 6.22. The van der Waals surface area contributed by atoms with Gasteiger partial charge in [-0.25, -0.2) is 0 Å². The second-order valence-corrected chi connectivity index (χ2v) is 6.07. The van der Waals surface area contributed by atoms with E-state index in [4.69, 9.17) is 16.3 Å². The molecule has 0 aliphatic rings. The van der Waals surface area contributed by atoms with Gasteiger partial charge in [0, 0.05) is 29.2 Å². The molecule has 2 aromatic rings. The number of hydrogen-bond acceptors (Lipinski definition) is 2. The summed E-state index contributed by atoms with van der Waals surface area (Å²) in [5.74, 6) is 0. The Morgan fingerprint density at radius 3 is 2.48 bits per heavy atom. The van der Waals surface area contributed by atoms with Gasteiger partial charge >= 0.3 is 0 Å². The van der Waals surface area contributed by atoms with Crippen molar-refractivity contribution >= 4 is 27.5 Å². The third kappa shape index (κ3) is 5.11. The summed E-state index contributed by atoms with van der Waals surface area (Å²) in [7, 11) is 0. The molecule has 4 heteroatoms. The molecule has 2 rings (SSSR count). The van der Waals surface area contributed by atoms with Gasteiger partial charge in [-0.2, -0.15) is 0 Å². The average molecular weight is 369 g/mol. The van der Waals surface area contributed by atoms with Crippen molar-refractivity contribution in [3.8, 4) is 0 Å². The minimum Gasteiger partial charge on any atom is -0.377 e. The van der Waals surface area contributed by atoms with E-state index in [1.54, 1.807) is 0 Å². The summed E-state index contributed by atoms with van der Waals surface area (Å²) in [6.45, 7) is 4.95. The van der Waals surface area contributed by atoms with Gasteiger partial charge in [0.05, 0.1) is 6.61 Å². The monoisotopic (exact) mass is 367 g/mol. The molecule has 0 aliphatic heterocycles. The standard InChI is InChI=1S/C17H19BrClNO/c1-2-21-12-15-6-4-3-5-13(15)10-20-11-14-7-8-16(18)9-17(14)19/h3-9,20H,2,10-12H2,1H3. The molecule has 0 amide bonds. The summed E-state index contributed by atoms with van der Waals surface area (Å²) in [5, 5.41) is 4.22. The van der Waals surface area contributed by atoms with Crippen molar-refractivity contribution in [2.45, 2.75) is 26.6 Å². The topological polar surface area (TPSA) is 21.3 Å². The number of halogens is 2. The van der Waals surface area contributed by atoms with E-state index in [0.29, 0.717) is 6.61 Å². The quantitative estimate of drug-likeness (QED) is 0.748. The largest absolute Gasteiger partial charge is 0.377 e. The van der Waals surface area contributed by atoms with Gasteiger partial charge in [-0.05, 0) is 35.7 Å². The molecular weight excluding hydrogens is 350 g/mol. The Hall–Kier alpha value is -0.870. The molecule has 0 saturated carbocycles. The number of ether oxygens (including phenoxy) is 1. The molecule has 0 atom stereocenters. The van der Waals surface area contributed by atoms with Crippen molar-refractivity contribution < 1.29 is 4.74 Å². The van der Waals surface area contributed by atoms with Crippen LogP contribution in [0.25, 0.3) is 0 Å². The highest BCUT2D eigenvalue weighted by Gasteiger charge is 2.04. The van der Waals surface area contributed by atoms with Gasteiger partial charge in [-0.3, -0.25) is 0 Å². The van der Waals surface area contributed by atoms with Crippen molar-refractivity contribution in [2.75, 3.05) is 6.61 Å². The van der Waals surface area contributed by atoms with Gasteiger partial charge in [0.1, 0.15) is 0 Å².